The quantitative estimate of drug-likeness (QED) is 0.603. The number of nitrogens with one attached hydrogen (secondary N) is 1. The summed E-state index contributed by atoms with van der Waals surface area (Å²) in [5.74, 6) is 0.314. The number of nitrogens with zero attached hydrogens (tertiary/aromatic N) is 1. The number of anilines is 1. The van der Waals surface area contributed by atoms with Gasteiger partial charge in [0.25, 0.3) is 5.91 Å². The molecule has 130 valence electrons. The minimum absolute atomic E-state index is 0.0752. The van der Waals surface area contributed by atoms with Crippen LogP contribution < -0.4 is 5.32 Å². The maximum absolute atomic E-state index is 11.5. The van der Waals surface area contributed by atoms with Gasteiger partial charge in [0.1, 0.15) is 0 Å². The van der Waals surface area contributed by atoms with Crippen LogP contribution in [-0.4, -0.2) is 21.5 Å². The van der Waals surface area contributed by atoms with E-state index < -0.39 is 10.7 Å². The van der Waals surface area contributed by atoms with Gasteiger partial charge in [-0.15, -0.1) is 11.8 Å². The topological polar surface area (TPSA) is 41.5 Å². The highest BCUT2D eigenvalue weighted by Crippen LogP contribution is 2.39. The lowest BCUT2D eigenvalue weighted by Crippen LogP contribution is -2.18. The van der Waals surface area contributed by atoms with Crippen LogP contribution in [0.25, 0.3) is 0 Å². The van der Waals surface area contributed by atoms with Crippen molar-refractivity contribution < 1.29 is 4.79 Å². The Morgan fingerprint density at radius 2 is 1.76 bits per heavy atom. The lowest BCUT2D eigenvalue weighted by Gasteiger charge is -2.10. The molecule has 0 saturated heterocycles. The Bertz CT molecular complexity index is 804. The first-order valence-corrected chi connectivity index (χ1v) is 9.91. The third-order valence-corrected chi connectivity index (χ3v) is 5.73. The molecule has 1 amide bonds. The van der Waals surface area contributed by atoms with E-state index in [1.165, 1.54) is 0 Å². The largest absolute Gasteiger partial charge is 0.324 e. The summed E-state index contributed by atoms with van der Waals surface area (Å²) >= 11 is 25.2. The molecular weight excluding hydrogens is 422 g/mol. The van der Waals surface area contributed by atoms with Crippen molar-refractivity contribution in [3.8, 4) is 0 Å². The fourth-order valence-electron chi connectivity index (χ4n) is 2.40. The van der Waals surface area contributed by atoms with Crippen LogP contribution in [0, 0.1) is 0 Å². The highest BCUT2D eigenvalue weighted by atomic mass is 35.5. The number of thioether (sulfide) groups is 1. The lowest BCUT2D eigenvalue weighted by molar-refractivity contribution is -0.114. The summed E-state index contributed by atoms with van der Waals surface area (Å²) in [4.78, 5) is 15.1. The number of benzene rings is 2. The average Bonchev–Trinajstić information content (AvgIpc) is 3.05. The Balaban J connectivity index is 1.78. The highest BCUT2D eigenvalue weighted by Gasteiger charge is 2.24. The predicted octanol–water partition coefficient (Wildman–Crippen LogP) is 5.97. The van der Waals surface area contributed by atoms with Gasteiger partial charge in [0.2, 0.25) is 0 Å². The molecule has 8 heteroatoms. The smallest absolute Gasteiger partial charge is 0.257 e. The van der Waals surface area contributed by atoms with E-state index in [4.69, 9.17) is 51.4 Å². The first-order valence-electron chi connectivity index (χ1n) is 7.29. The van der Waals surface area contributed by atoms with Crippen LogP contribution in [0.4, 0.5) is 5.69 Å². The Morgan fingerprint density at radius 1 is 1.12 bits per heavy atom. The molecule has 1 heterocycles. The van der Waals surface area contributed by atoms with E-state index in [2.05, 4.69) is 5.32 Å². The van der Waals surface area contributed by atoms with Crippen molar-refractivity contribution in [2.45, 2.75) is 10.9 Å². The maximum atomic E-state index is 11.5. The van der Waals surface area contributed by atoms with Gasteiger partial charge in [-0.2, -0.15) is 0 Å². The number of carbonyl (C=O) groups excluding carboxylic acids is 1. The Kier molecular flexibility index (Phi) is 6.18. The van der Waals surface area contributed by atoms with Crippen molar-refractivity contribution >= 4 is 74.8 Å². The van der Waals surface area contributed by atoms with Gasteiger partial charge in [-0.3, -0.25) is 9.79 Å². The molecule has 2 aromatic rings. The van der Waals surface area contributed by atoms with Crippen LogP contribution in [0.15, 0.2) is 47.5 Å². The number of carbonyl (C=O) groups is 1. The molecule has 3 rings (SSSR count). The number of hydrogen-bond donors (Lipinski definition) is 1. The van der Waals surface area contributed by atoms with E-state index in [0.29, 0.717) is 15.7 Å². The Morgan fingerprint density at radius 3 is 2.36 bits per heavy atom. The second kappa shape index (κ2) is 8.19. The molecule has 0 saturated carbocycles. The Hall–Kier alpha value is -0.910. The fraction of sp³-hybridized carbons (Fsp3) is 0.176. The van der Waals surface area contributed by atoms with Crippen molar-refractivity contribution in [1.82, 2.24) is 0 Å². The van der Waals surface area contributed by atoms with Crippen LogP contribution in [-0.2, 0) is 4.79 Å². The molecule has 0 bridgehead atoms. The van der Waals surface area contributed by atoms with Crippen LogP contribution in [0.2, 0.25) is 10.0 Å². The van der Waals surface area contributed by atoms with Gasteiger partial charge < -0.3 is 5.32 Å². The molecular formula is C17H12Cl4N2OS. The molecule has 2 aromatic carbocycles. The number of hydrogen-bond acceptors (Lipinski definition) is 3. The third-order valence-electron chi connectivity index (χ3n) is 3.58. The first-order chi connectivity index (χ1) is 12.0. The predicted molar refractivity (Wildman–Crippen MR) is 109 cm³/mol. The second-order valence-corrected chi connectivity index (χ2v) is 8.18. The molecule has 0 fully saturated rings. The van der Waals surface area contributed by atoms with E-state index in [1.807, 2.05) is 30.3 Å². The van der Waals surface area contributed by atoms with Gasteiger partial charge in [-0.25, -0.2) is 0 Å². The minimum Gasteiger partial charge on any atom is -0.324 e. The van der Waals surface area contributed by atoms with Gasteiger partial charge >= 0.3 is 0 Å². The summed E-state index contributed by atoms with van der Waals surface area (Å²) in [7, 11) is 0. The van der Waals surface area contributed by atoms with E-state index >= 15 is 0 Å². The molecule has 1 unspecified atom stereocenters. The zero-order valence-corrected chi connectivity index (χ0v) is 16.5. The highest BCUT2D eigenvalue weighted by molar-refractivity contribution is 8.14. The van der Waals surface area contributed by atoms with Crippen molar-refractivity contribution in [1.29, 1.82) is 0 Å². The average molecular weight is 434 g/mol. The van der Waals surface area contributed by atoms with Gasteiger partial charge in [0.15, 0.2) is 4.84 Å². The molecule has 0 spiro atoms. The number of alkyl halides is 2. The third kappa shape index (κ3) is 4.44. The van der Waals surface area contributed by atoms with Crippen LogP contribution >= 0.6 is 58.2 Å². The second-order valence-electron chi connectivity index (χ2n) is 5.26. The summed E-state index contributed by atoms with van der Waals surface area (Å²) in [6.45, 7) is 0. The summed E-state index contributed by atoms with van der Waals surface area (Å²) in [5.41, 5.74) is 2.43. The van der Waals surface area contributed by atoms with E-state index in [9.17, 15) is 4.79 Å². The zero-order valence-electron chi connectivity index (χ0n) is 12.7. The Labute approximate surface area is 169 Å². The number of amides is 1. The van der Waals surface area contributed by atoms with Gasteiger partial charge in [0.05, 0.1) is 11.1 Å². The van der Waals surface area contributed by atoms with Crippen molar-refractivity contribution in [2.24, 2.45) is 4.99 Å². The van der Waals surface area contributed by atoms with Gasteiger partial charge in [-0.1, -0.05) is 64.6 Å². The van der Waals surface area contributed by atoms with Crippen molar-refractivity contribution in [3.05, 3.63) is 63.6 Å². The van der Waals surface area contributed by atoms with E-state index in [1.54, 1.807) is 23.9 Å². The normalized spacial score (nSPS) is 16.8. The van der Waals surface area contributed by atoms with E-state index in [-0.39, 0.29) is 6.04 Å². The van der Waals surface area contributed by atoms with Gasteiger partial charge in [0, 0.05) is 32.6 Å². The SMILES string of the molecule is O=C(Nc1ccc(C2=NC(c3c(Cl)cccc3Cl)CS2)cc1)C(Cl)Cl. The lowest BCUT2D eigenvalue weighted by atomic mass is 10.1. The molecule has 1 aliphatic heterocycles. The molecule has 1 N–H and O–H groups in total. The minimum atomic E-state index is -1.10. The van der Waals surface area contributed by atoms with Crippen molar-refractivity contribution in [2.75, 3.05) is 11.1 Å². The molecule has 0 aromatic heterocycles. The molecule has 1 atom stereocenters. The van der Waals surface area contributed by atoms with Crippen molar-refractivity contribution in [3.63, 3.8) is 0 Å². The monoisotopic (exact) mass is 432 g/mol. The number of halogens is 4. The summed E-state index contributed by atoms with van der Waals surface area (Å²) < 4.78 is 0. The standard InChI is InChI=1S/C17H12Cl4N2OS/c18-11-2-1-3-12(19)14(11)13-8-25-17(23-13)9-4-6-10(7-5-9)22-16(24)15(20)21/h1-7,13,15H,8H2,(H,22,24). The first kappa shape index (κ1) is 18.9. The zero-order chi connectivity index (χ0) is 18.0. The molecule has 0 aliphatic carbocycles. The van der Waals surface area contributed by atoms with E-state index in [0.717, 1.165) is 21.9 Å². The van der Waals surface area contributed by atoms with Gasteiger partial charge in [-0.05, 0) is 24.3 Å². The van der Waals surface area contributed by atoms with Crippen LogP contribution in [0.3, 0.4) is 0 Å². The van der Waals surface area contributed by atoms with Crippen LogP contribution in [0.5, 0.6) is 0 Å². The summed E-state index contributed by atoms with van der Waals surface area (Å²) in [6, 6.07) is 12.7. The molecule has 3 nitrogen and oxygen atoms in total. The summed E-state index contributed by atoms with van der Waals surface area (Å²) in [5, 5.41) is 4.78. The molecule has 25 heavy (non-hydrogen) atoms. The van der Waals surface area contributed by atoms with Crippen LogP contribution in [0.1, 0.15) is 17.2 Å². The molecule has 1 aliphatic rings. The number of aliphatic imine (C=N–C) groups is 1. The number of rotatable bonds is 4. The maximum Gasteiger partial charge on any atom is 0.257 e. The molecule has 0 radical (unpaired) electrons. The fourth-order valence-corrected chi connectivity index (χ4v) is 4.22. The summed E-state index contributed by atoms with van der Waals surface area (Å²) in [6.07, 6.45) is 0.